The van der Waals surface area contributed by atoms with E-state index in [4.69, 9.17) is 5.73 Å². The zero-order valence-electron chi connectivity index (χ0n) is 16.2. The third kappa shape index (κ3) is 5.15. The van der Waals surface area contributed by atoms with Crippen LogP contribution in [0, 0.1) is 0 Å². The number of sulfonamides is 1. The SMILES string of the molecule is NCc1ccc2cc(C(=O)NCC(NS(=O)(=O)c3ccccc3)C(=O)O)cc(=O)n2c1. The lowest BCUT2D eigenvalue weighted by Gasteiger charge is -2.16. The van der Waals surface area contributed by atoms with Crippen molar-refractivity contribution in [2.24, 2.45) is 5.73 Å². The standard InChI is InChI=1S/C20H20N4O6S/c21-10-13-6-7-15-8-14(9-18(25)24(15)12-13)19(26)22-11-17(20(27)28)23-31(29,30)16-4-2-1-3-5-16/h1-9,12,17,23H,10-11,21H2,(H,22,26)(H,27,28). The second kappa shape index (κ2) is 9.08. The molecule has 0 spiro atoms. The van der Waals surface area contributed by atoms with E-state index in [1.165, 1.54) is 34.7 Å². The van der Waals surface area contributed by atoms with Crippen molar-refractivity contribution in [3.05, 3.63) is 82.3 Å². The molecule has 2 aromatic heterocycles. The van der Waals surface area contributed by atoms with Crippen molar-refractivity contribution in [3.63, 3.8) is 0 Å². The normalized spacial score (nSPS) is 12.4. The van der Waals surface area contributed by atoms with Crippen molar-refractivity contribution in [2.75, 3.05) is 6.54 Å². The molecule has 0 aliphatic carbocycles. The summed E-state index contributed by atoms with van der Waals surface area (Å²) in [7, 11) is -4.10. The molecule has 1 unspecified atom stereocenters. The maximum absolute atomic E-state index is 12.5. The van der Waals surface area contributed by atoms with Crippen molar-refractivity contribution >= 4 is 27.4 Å². The first kappa shape index (κ1) is 22.2. The minimum absolute atomic E-state index is 0.0144. The Hall–Kier alpha value is -3.54. The van der Waals surface area contributed by atoms with Gasteiger partial charge in [-0.1, -0.05) is 24.3 Å². The molecule has 31 heavy (non-hydrogen) atoms. The van der Waals surface area contributed by atoms with Crippen LogP contribution < -0.4 is 21.3 Å². The molecular formula is C20H20N4O6S. The molecule has 0 fully saturated rings. The Morgan fingerprint density at radius 1 is 1.10 bits per heavy atom. The predicted molar refractivity (Wildman–Crippen MR) is 112 cm³/mol. The number of carbonyl (C=O) groups excluding carboxylic acids is 1. The van der Waals surface area contributed by atoms with Crippen LogP contribution in [0.5, 0.6) is 0 Å². The van der Waals surface area contributed by atoms with Crippen LogP contribution in [0.1, 0.15) is 15.9 Å². The Morgan fingerprint density at radius 3 is 2.45 bits per heavy atom. The first-order chi connectivity index (χ1) is 14.7. The van der Waals surface area contributed by atoms with Crippen molar-refractivity contribution < 1.29 is 23.1 Å². The monoisotopic (exact) mass is 444 g/mol. The predicted octanol–water partition coefficient (Wildman–Crippen LogP) is -0.0803. The Kier molecular flexibility index (Phi) is 6.49. The Balaban J connectivity index is 1.76. The molecule has 3 aromatic rings. The first-order valence-electron chi connectivity index (χ1n) is 9.15. The second-order valence-corrected chi connectivity index (χ2v) is 8.37. The number of hydrogen-bond acceptors (Lipinski definition) is 6. The zero-order valence-corrected chi connectivity index (χ0v) is 17.0. The largest absolute Gasteiger partial charge is 0.480 e. The summed E-state index contributed by atoms with van der Waals surface area (Å²) in [6, 6.07) is 11.6. The van der Waals surface area contributed by atoms with E-state index >= 15 is 0 Å². The van der Waals surface area contributed by atoms with Gasteiger partial charge < -0.3 is 16.2 Å². The molecule has 2 heterocycles. The Labute approximate surface area is 177 Å². The molecule has 5 N–H and O–H groups in total. The molecule has 10 nitrogen and oxygen atoms in total. The fourth-order valence-corrected chi connectivity index (χ4v) is 4.06. The molecule has 0 aliphatic heterocycles. The number of hydrogen-bond donors (Lipinski definition) is 4. The summed E-state index contributed by atoms with van der Waals surface area (Å²) in [4.78, 5) is 36.2. The van der Waals surface area contributed by atoms with E-state index in [0.717, 1.165) is 11.6 Å². The highest BCUT2D eigenvalue weighted by atomic mass is 32.2. The van der Waals surface area contributed by atoms with Crippen LogP contribution in [0.2, 0.25) is 0 Å². The molecule has 162 valence electrons. The highest BCUT2D eigenvalue weighted by molar-refractivity contribution is 7.89. The summed E-state index contributed by atoms with van der Waals surface area (Å²) in [5.41, 5.74) is 6.31. The molecule has 0 saturated heterocycles. The van der Waals surface area contributed by atoms with Crippen LogP contribution in [0.25, 0.3) is 5.52 Å². The number of nitrogens with two attached hydrogens (primary N) is 1. The van der Waals surface area contributed by atoms with Crippen LogP contribution >= 0.6 is 0 Å². The topological polar surface area (TPSA) is 160 Å². The summed E-state index contributed by atoms with van der Waals surface area (Å²) in [6.45, 7) is -0.272. The summed E-state index contributed by atoms with van der Waals surface area (Å²) in [5.74, 6) is -2.18. The van der Waals surface area contributed by atoms with Crippen LogP contribution in [-0.4, -0.2) is 42.4 Å². The zero-order chi connectivity index (χ0) is 22.6. The number of aliphatic carboxylic acids is 1. The third-order valence-corrected chi connectivity index (χ3v) is 5.96. The van der Waals surface area contributed by atoms with E-state index in [-0.39, 0.29) is 17.0 Å². The van der Waals surface area contributed by atoms with Gasteiger partial charge in [0.25, 0.3) is 11.5 Å². The molecule has 1 amide bonds. The molecule has 1 aromatic carbocycles. The fourth-order valence-electron chi connectivity index (χ4n) is 2.85. The van der Waals surface area contributed by atoms with Gasteiger partial charge in [-0.25, -0.2) is 8.42 Å². The van der Waals surface area contributed by atoms with Crippen molar-refractivity contribution in [2.45, 2.75) is 17.5 Å². The van der Waals surface area contributed by atoms with Gasteiger partial charge in [-0.15, -0.1) is 0 Å². The number of rotatable bonds is 8. The number of benzene rings is 1. The lowest BCUT2D eigenvalue weighted by atomic mass is 10.2. The van der Waals surface area contributed by atoms with Crippen molar-refractivity contribution in [1.29, 1.82) is 0 Å². The van der Waals surface area contributed by atoms with E-state index in [9.17, 15) is 27.9 Å². The summed E-state index contributed by atoms with van der Waals surface area (Å²) in [6.07, 6.45) is 1.57. The Bertz CT molecular complexity index is 1290. The van der Waals surface area contributed by atoms with E-state index in [0.29, 0.717) is 5.52 Å². The van der Waals surface area contributed by atoms with E-state index in [1.807, 2.05) is 4.72 Å². The molecule has 11 heteroatoms. The van der Waals surface area contributed by atoms with E-state index in [1.54, 1.807) is 24.4 Å². The third-order valence-electron chi connectivity index (χ3n) is 4.47. The number of carboxylic acids is 1. The molecule has 0 bridgehead atoms. The van der Waals surface area contributed by atoms with Crippen LogP contribution in [0.15, 0.2) is 70.5 Å². The van der Waals surface area contributed by atoms with Crippen LogP contribution in [0.4, 0.5) is 0 Å². The highest BCUT2D eigenvalue weighted by Crippen LogP contribution is 2.09. The average Bonchev–Trinajstić information content (AvgIpc) is 2.76. The molecule has 0 saturated carbocycles. The number of carboxylic acid groups (broad SMARTS) is 1. The lowest BCUT2D eigenvalue weighted by molar-refractivity contribution is -0.138. The number of fused-ring (bicyclic) bond motifs is 1. The maximum atomic E-state index is 12.5. The number of nitrogens with one attached hydrogen (secondary N) is 2. The van der Waals surface area contributed by atoms with Gasteiger partial charge in [0.15, 0.2) is 0 Å². The van der Waals surface area contributed by atoms with Gasteiger partial charge in [0.05, 0.1) is 4.90 Å². The molecule has 0 aliphatic rings. The number of aromatic nitrogens is 1. The molecular weight excluding hydrogens is 424 g/mol. The number of carbonyl (C=O) groups is 2. The lowest BCUT2D eigenvalue weighted by Crippen LogP contribution is -2.48. The smallest absolute Gasteiger partial charge is 0.323 e. The summed E-state index contributed by atoms with van der Waals surface area (Å²) < 4.78 is 28.1. The van der Waals surface area contributed by atoms with Gasteiger partial charge in [0.1, 0.15) is 6.04 Å². The minimum Gasteiger partial charge on any atom is -0.480 e. The van der Waals surface area contributed by atoms with Crippen molar-refractivity contribution in [1.82, 2.24) is 14.4 Å². The van der Waals surface area contributed by atoms with Crippen LogP contribution in [0.3, 0.4) is 0 Å². The molecule has 3 rings (SSSR count). The van der Waals surface area contributed by atoms with Gasteiger partial charge in [0.2, 0.25) is 10.0 Å². The van der Waals surface area contributed by atoms with Gasteiger partial charge in [-0.3, -0.25) is 18.8 Å². The number of nitrogens with zero attached hydrogens (tertiary/aromatic N) is 1. The maximum Gasteiger partial charge on any atom is 0.323 e. The number of pyridine rings is 2. The minimum atomic E-state index is -4.10. The highest BCUT2D eigenvalue weighted by Gasteiger charge is 2.26. The fraction of sp³-hybridized carbons (Fsp3) is 0.150. The first-order valence-corrected chi connectivity index (χ1v) is 10.6. The van der Waals surface area contributed by atoms with Gasteiger partial charge in [0, 0.05) is 36.4 Å². The van der Waals surface area contributed by atoms with Gasteiger partial charge in [-0.2, -0.15) is 4.72 Å². The van der Waals surface area contributed by atoms with Crippen molar-refractivity contribution in [3.8, 4) is 0 Å². The van der Waals surface area contributed by atoms with E-state index in [2.05, 4.69) is 5.32 Å². The van der Waals surface area contributed by atoms with Gasteiger partial charge >= 0.3 is 5.97 Å². The Morgan fingerprint density at radius 2 is 1.81 bits per heavy atom. The average molecular weight is 444 g/mol. The quantitative estimate of drug-likeness (QED) is 0.378. The van der Waals surface area contributed by atoms with Crippen LogP contribution in [-0.2, 0) is 21.4 Å². The second-order valence-electron chi connectivity index (χ2n) is 6.65. The molecule has 0 radical (unpaired) electrons. The summed E-state index contributed by atoms with van der Waals surface area (Å²) >= 11 is 0. The summed E-state index contributed by atoms with van der Waals surface area (Å²) in [5, 5.41) is 11.7. The molecule has 1 atom stereocenters. The van der Waals surface area contributed by atoms with Gasteiger partial charge in [-0.05, 0) is 29.8 Å². The van der Waals surface area contributed by atoms with E-state index < -0.39 is 40.0 Å². The number of amides is 1.